The number of nitrogens with zero attached hydrogens (tertiary/aromatic N) is 1. The molecule has 1 aliphatic rings. The van der Waals surface area contributed by atoms with Crippen molar-refractivity contribution in [3.05, 3.63) is 34.9 Å². The molecule has 1 aliphatic carbocycles. The number of hydrogen-bond acceptors (Lipinski definition) is 2. The first-order valence-corrected chi connectivity index (χ1v) is 7.99. The number of benzene rings is 1. The normalized spacial score (nSPS) is 24.6. The van der Waals surface area contributed by atoms with Crippen LogP contribution < -0.4 is 0 Å². The predicted molar refractivity (Wildman–Crippen MR) is 85.4 cm³/mol. The van der Waals surface area contributed by atoms with Gasteiger partial charge in [-0.15, -0.1) is 0 Å². The fourth-order valence-electron chi connectivity index (χ4n) is 3.07. The Bertz CT molecular complexity index is 488. The molecule has 1 aromatic rings. The summed E-state index contributed by atoms with van der Waals surface area (Å²) in [4.78, 5) is 14.3. The van der Waals surface area contributed by atoms with Crippen LogP contribution >= 0.6 is 11.6 Å². The smallest absolute Gasteiger partial charge is 0.228 e. The van der Waals surface area contributed by atoms with E-state index in [-0.39, 0.29) is 23.8 Å². The van der Waals surface area contributed by atoms with Crippen molar-refractivity contribution in [2.75, 3.05) is 7.05 Å². The fraction of sp³-hybridized carbons (Fsp3) is 0.588. The minimum atomic E-state index is -0.474. The van der Waals surface area contributed by atoms with Gasteiger partial charge in [-0.1, -0.05) is 30.7 Å². The van der Waals surface area contributed by atoms with Gasteiger partial charge in [0.1, 0.15) is 0 Å². The van der Waals surface area contributed by atoms with E-state index in [0.29, 0.717) is 0 Å². The molecule has 4 heteroatoms. The van der Waals surface area contributed by atoms with E-state index in [1.54, 1.807) is 4.90 Å². The number of hydrogen-bond donors (Lipinski definition) is 1. The molecular formula is C17H24ClNO2. The summed E-state index contributed by atoms with van der Waals surface area (Å²) in [6.45, 7) is 4.17. The summed E-state index contributed by atoms with van der Waals surface area (Å²) < 4.78 is 0. The van der Waals surface area contributed by atoms with E-state index >= 15 is 0 Å². The van der Waals surface area contributed by atoms with E-state index < -0.39 is 6.10 Å². The number of likely N-dealkylation sites (N-methyl/N-ethyl adjacent to an activating group) is 1. The summed E-state index contributed by atoms with van der Waals surface area (Å²) in [5.41, 5.74) is 1.17. The standard InChI is InChI=1S/C17H24ClNO2/c1-11(13-7-9-14(18)10-8-13)12(2)19(3)17(21)15-5-4-6-16(15)20/h7-12,15-16,20H,4-6H2,1-3H3. The molecule has 0 heterocycles. The number of halogens is 1. The molecule has 0 aromatic heterocycles. The Morgan fingerprint density at radius 2 is 1.90 bits per heavy atom. The molecule has 4 atom stereocenters. The van der Waals surface area contributed by atoms with Crippen molar-refractivity contribution in [1.82, 2.24) is 4.90 Å². The summed E-state index contributed by atoms with van der Waals surface area (Å²) in [5, 5.41) is 10.6. The first kappa shape index (κ1) is 16.3. The van der Waals surface area contributed by atoms with Gasteiger partial charge < -0.3 is 10.0 Å². The molecule has 0 radical (unpaired) electrons. The molecule has 0 saturated heterocycles. The molecule has 0 aliphatic heterocycles. The first-order valence-electron chi connectivity index (χ1n) is 7.62. The highest BCUT2D eigenvalue weighted by atomic mass is 35.5. The number of aliphatic hydroxyl groups is 1. The zero-order valence-corrected chi connectivity index (χ0v) is 13.7. The SMILES string of the molecule is CC(c1ccc(Cl)cc1)C(C)N(C)C(=O)C1CCCC1O. The van der Waals surface area contributed by atoms with Crippen LogP contribution in [0.1, 0.15) is 44.6 Å². The van der Waals surface area contributed by atoms with Gasteiger partial charge in [0, 0.05) is 24.0 Å². The van der Waals surface area contributed by atoms with Crippen LogP contribution in [0.15, 0.2) is 24.3 Å². The van der Waals surface area contributed by atoms with E-state index in [0.717, 1.165) is 24.3 Å². The fourth-order valence-corrected chi connectivity index (χ4v) is 3.20. The molecule has 2 rings (SSSR count). The van der Waals surface area contributed by atoms with Gasteiger partial charge in [0.05, 0.1) is 12.0 Å². The van der Waals surface area contributed by atoms with Crippen molar-refractivity contribution < 1.29 is 9.90 Å². The van der Waals surface area contributed by atoms with Crippen LogP contribution in [0.2, 0.25) is 5.02 Å². The Hall–Kier alpha value is -1.06. The average Bonchev–Trinajstić information content (AvgIpc) is 2.91. The summed E-state index contributed by atoms with van der Waals surface area (Å²) >= 11 is 5.92. The maximum Gasteiger partial charge on any atom is 0.228 e. The minimum Gasteiger partial charge on any atom is -0.392 e. The molecule has 21 heavy (non-hydrogen) atoms. The molecule has 1 fully saturated rings. The van der Waals surface area contributed by atoms with Gasteiger partial charge in [0.2, 0.25) is 5.91 Å². The molecule has 1 amide bonds. The van der Waals surface area contributed by atoms with Crippen LogP contribution in [0.4, 0.5) is 0 Å². The van der Waals surface area contributed by atoms with E-state index in [2.05, 4.69) is 13.8 Å². The zero-order valence-electron chi connectivity index (χ0n) is 12.9. The molecule has 4 unspecified atom stereocenters. The van der Waals surface area contributed by atoms with E-state index in [1.165, 1.54) is 5.56 Å². The van der Waals surface area contributed by atoms with Crippen LogP contribution in [-0.4, -0.2) is 35.1 Å². The molecule has 116 valence electrons. The highest BCUT2D eigenvalue weighted by Crippen LogP contribution is 2.30. The second-order valence-electron chi connectivity index (χ2n) is 6.13. The van der Waals surface area contributed by atoms with E-state index in [1.807, 2.05) is 31.3 Å². The summed E-state index contributed by atoms with van der Waals surface area (Å²) in [6, 6.07) is 7.84. The quantitative estimate of drug-likeness (QED) is 0.925. The molecule has 1 N–H and O–H groups in total. The summed E-state index contributed by atoms with van der Waals surface area (Å²) in [5.74, 6) is 0.0537. The third-order valence-electron chi connectivity index (χ3n) is 4.87. The number of amides is 1. The Labute approximate surface area is 131 Å². The van der Waals surface area contributed by atoms with Crippen LogP contribution in [0.25, 0.3) is 0 Å². The second kappa shape index (κ2) is 6.80. The molecule has 1 saturated carbocycles. The minimum absolute atomic E-state index is 0.0633. The average molecular weight is 310 g/mol. The third-order valence-corrected chi connectivity index (χ3v) is 5.13. The Morgan fingerprint density at radius 3 is 2.43 bits per heavy atom. The highest BCUT2D eigenvalue weighted by molar-refractivity contribution is 6.30. The largest absolute Gasteiger partial charge is 0.392 e. The zero-order chi connectivity index (χ0) is 15.6. The van der Waals surface area contributed by atoms with Gasteiger partial charge in [-0.05, 0) is 43.9 Å². The maximum atomic E-state index is 12.5. The Kier molecular flexibility index (Phi) is 5.28. The summed E-state index contributed by atoms with van der Waals surface area (Å²) in [7, 11) is 1.84. The monoisotopic (exact) mass is 309 g/mol. The molecule has 1 aromatic carbocycles. The lowest BCUT2D eigenvalue weighted by atomic mass is 9.92. The predicted octanol–water partition coefficient (Wildman–Crippen LogP) is 3.45. The van der Waals surface area contributed by atoms with Gasteiger partial charge in [0.15, 0.2) is 0 Å². The van der Waals surface area contributed by atoms with Gasteiger partial charge in [0.25, 0.3) is 0 Å². The topological polar surface area (TPSA) is 40.5 Å². The van der Waals surface area contributed by atoms with Gasteiger partial charge in [-0.3, -0.25) is 4.79 Å². The lowest BCUT2D eigenvalue weighted by molar-refractivity contribution is -0.139. The lowest BCUT2D eigenvalue weighted by Crippen LogP contribution is -2.43. The molecule has 3 nitrogen and oxygen atoms in total. The van der Waals surface area contributed by atoms with E-state index in [9.17, 15) is 9.90 Å². The molecule has 0 bridgehead atoms. The van der Waals surface area contributed by atoms with Crippen LogP contribution in [0.3, 0.4) is 0 Å². The Balaban J connectivity index is 2.05. The van der Waals surface area contributed by atoms with Crippen molar-refractivity contribution in [1.29, 1.82) is 0 Å². The summed E-state index contributed by atoms with van der Waals surface area (Å²) in [6.07, 6.45) is 2.00. The number of aliphatic hydroxyl groups excluding tert-OH is 1. The highest BCUT2D eigenvalue weighted by Gasteiger charge is 2.35. The van der Waals surface area contributed by atoms with Crippen molar-refractivity contribution in [2.24, 2.45) is 5.92 Å². The van der Waals surface area contributed by atoms with Gasteiger partial charge in [-0.25, -0.2) is 0 Å². The van der Waals surface area contributed by atoms with Gasteiger partial charge >= 0.3 is 0 Å². The maximum absolute atomic E-state index is 12.5. The Morgan fingerprint density at radius 1 is 1.29 bits per heavy atom. The van der Waals surface area contributed by atoms with E-state index in [4.69, 9.17) is 11.6 Å². The second-order valence-corrected chi connectivity index (χ2v) is 6.57. The molecular weight excluding hydrogens is 286 g/mol. The third kappa shape index (κ3) is 3.58. The van der Waals surface area contributed by atoms with Gasteiger partial charge in [-0.2, -0.15) is 0 Å². The number of rotatable bonds is 4. The van der Waals surface area contributed by atoms with Crippen molar-refractivity contribution in [3.8, 4) is 0 Å². The lowest BCUT2D eigenvalue weighted by Gasteiger charge is -2.32. The number of carbonyl (C=O) groups is 1. The van der Waals surface area contributed by atoms with Crippen molar-refractivity contribution >= 4 is 17.5 Å². The van der Waals surface area contributed by atoms with Crippen LogP contribution in [0, 0.1) is 5.92 Å². The number of carbonyl (C=O) groups excluding carboxylic acids is 1. The van der Waals surface area contributed by atoms with Crippen molar-refractivity contribution in [3.63, 3.8) is 0 Å². The molecule has 0 spiro atoms. The van der Waals surface area contributed by atoms with Crippen LogP contribution in [0.5, 0.6) is 0 Å². The van der Waals surface area contributed by atoms with Crippen molar-refractivity contribution in [2.45, 2.75) is 51.2 Å². The first-order chi connectivity index (χ1) is 9.91. The van der Waals surface area contributed by atoms with Crippen LogP contribution in [-0.2, 0) is 4.79 Å².